The molecule has 2 aliphatic rings. The molecule has 0 radical (unpaired) electrons. The monoisotopic (exact) mass is 265 g/mol. The van der Waals surface area contributed by atoms with E-state index in [0.717, 1.165) is 43.7 Å². The van der Waals surface area contributed by atoms with Crippen molar-refractivity contribution in [3.05, 3.63) is 29.6 Å². The summed E-state index contributed by atoms with van der Waals surface area (Å²) in [6, 6.07) is 5.07. The van der Waals surface area contributed by atoms with Gasteiger partial charge in [-0.05, 0) is 38.0 Å². The van der Waals surface area contributed by atoms with Crippen LogP contribution in [0.2, 0.25) is 0 Å². The van der Waals surface area contributed by atoms with Crippen molar-refractivity contribution in [2.75, 3.05) is 13.2 Å². The van der Waals surface area contributed by atoms with Crippen molar-refractivity contribution < 1.29 is 13.9 Å². The summed E-state index contributed by atoms with van der Waals surface area (Å²) in [5.74, 6) is 0.627. The van der Waals surface area contributed by atoms with E-state index in [1.165, 1.54) is 6.07 Å². The maximum Gasteiger partial charge on any atom is 0.123 e. The molecular weight excluding hydrogens is 245 g/mol. The summed E-state index contributed by atoms with van der Waals surface area (Å²) in [5, 5.41) is 3.47. The molecule has 0 aliphatic carbocycles. The third-order valence-electron chi connectivity index (χ3n) is 3.95. The van der Waals surface area contributed by atoms with E-state index in [1.54, 1.807) is 12.1 Å². The minimum atomic E-state index is -0.191. The topological polar surface area (TPSA) is 30.5 Å². The highest BCUT2D eigenvalue weighted by molar-refractivity contribution is 5.37. The second-order valence-electron chi connectivity index (χ2n) is 5.44. The third kappa shape index (κ3) is 2.90. The summed E-state index contributed by atoms with van der Waals surface area (Å²) in [6.07, 6.45) is 3.48. The zero-order valence-corrected chi connectivity index (χ0v) is 11.2. The number of rotatable bonds is 4. The van der Waals surface area contributed by atoms with Gasteiger partial charge < -0.3 is 14.8 Å². The number of benzene rings is 1. The first kappa shape index (κ1) is 12.9. The normalized spacial score (nSPS) is 27.1. The summed E-state index contributed by atoms with van der Waals surface area (Å²) < 4.78 is 24.6. The Bertz CT molecular complexity index is 446. The Morgan fingerprint density at radius 3 is 3.16 bits per heavy atom. The van der Waals surface area contributed by atoms with Gasteiger partial charge in [-0.25, -0.2) is 4.39 Å². The van der Waals surface area contributed by atoms with E-state index in [1.807, 2.05) is 0 Å². The van der Waals surface area contributed by atoms with Crippen molar-refractivity contribution in [3.8, 4) is 5.75 Å². The van der Waals surface area contributed by atoms with Gasteiger partial charge in [0.05, 0.1) is 6.10 Å². The van der Waals surface area contributed by atoms with Crippen molar-refractivity contribution in [1.29, 1.82) is 0 Å². The highest BCUT2D eigenvalue weighted by Crippen LogP contribution is 2.29. The van der Waals surface area contributed by atoms with E-state index < -0.39 is 0 Å². The van der Waals surface area contributed by atoms with Crippen molar-refractivity contribution in [3.63, 3.8) is 0 Å². The maximum absolute atomic E-state index is 13.1. The second kappa shape index (κ2) is 5.47. The fourth-order valence-electron chi connectivity index (χ4n) is 2.85. The van der Waals surface area contributed by atoms with Crippen LogP contribution in [0, 0.1) is 5.82 Å². The molecule has 4 heteroatoms. The lowest BCUT2D eigenvalue weighted by Crippen LogP contribution is -2.42. The minimum absolute atomic E-state index is 0.0978. The third-order valence-corrected chi connectivity index (χ3v) is 3.95. The van der Waals surface area contributed by atoms with Crippen molar-refractivity contribution in [1.82, 2.24) is 5.32 Å². The SMILES string of the molecule is CC(NCC1Cc2cc(F)ccc2O1)C1CCCO1. The van der Waals surface area contributed by atoms with Gasteiger partial charge in [-0.15, -0.1) is 0 Å². The first-order valence-electron chi connectivity index (χ1n) is 7.02. The van der Waals surface area contributed by atoms with E-state index >= 15 is 0 Å². The molecule has 3 rings (SSSR count). The molecule has 1 N–H and O–H groups in total. The van der Waals surface area contributed by atoms with Gasteiger partial charge in [0, 0.05) is 31.2 Å². The Balaban J connectivity index is 1.50. The predicted octanol–water partition coefficient (Wildman–Crippen LogP) is 2.29. The van der Waals surface area contributed by atoms with Crippen LogP contribution in [-0.2, 0) is 11.2 Å². The van der Waals surface area contributed by atoms with Gasteiger partial charge in [0.1, 0.15) is 17.7 Å². The largest absolute Gasteiger partial charge is 0.488 e. The molecule has 2 heterocycles. The summed E-state index contributed by atoms with van der Waals surface area (Å²) in [6.45, 7) is 3.80. The Hall–Kier alpha value is -1.13. The van der Waals surface area contributed by atoms with Gasteiger partial charge in [-0.2, -0.15) is 0 Å². The smallest absolute Gasteiger partial charge is 0.123 e. The van der Waals surface area contributed by atoms with Crippen LogP contribution in [0.1, 0.15) is 25.3 Å². The molecule has 1 aromatic carbocycles. The van der Waals surface area contributed by atoms with Gasteiger partial charge in [0.25, 0.3) is 0 Å². The van der Waals surface area contributed by atoms with Crippen molar-refractivity contribution >= 4 is 0 Å². The molecule has 19 heavy (non-hydrogen) atoms. The van der Waals surface area contributed by atoms with Gasteiger partial charge in [0.15, 0.2) is 0 Å². The fourth-order valence-corrected chi connectivity index (χ4v) is 2.85. The highest BCUT2D eigenvalue weighted by Gasteiger charge is 2.26. The summed E-state index contributed by atoms with van der Waals surface area (Å²) >= 11 is 0. The first-order valence-corrected chi connectivity index (χ1v) is 7.02. The predicted molar refractivity (Wildman–Crippen MR) is 71.0 cm³/mol. The zero-order chi connectivity index (χ0) is 13.2. The van der Waals surface area contributed by atoms with Crippen LogP contribution in [0.25, 0.3) is 0 Å². The number of hydrogen-bond acceptors (Lipinski definition) is 3. The summed E-state index contributed by atoms with van der Waals surface area (Å²) in [7, 11) is 0. The molecule has 1 aromatic rings. The summed E-state index contributed by atoms with van der Waals surface area (Å²) in [4.78, 5) is 0. The van der Waals surface area contributed by atoms with Crippen LogP contribution in [0.5, 0.6) is 5.75 Å². The molecule has 0 bridgehead atoms. The van der Waals surface area contributed by atoms with Gasteiger partial charge >= 0.3 is 0 Å². The average Bonchev–Trinajstić information content (AvgIpc) is 3.04. The number of halogens is 1. The molecule has 3 atom stereocenters. The minimum Gasteiger partial charge on any atom is -0.488 e. The second-order valence-corrected chi connectivity index (χ2v) is 5.44. The molecule has 1 saturated heterocycles. The van der Waals surface area contributed by atoms with E-state index in [-0.39, 0.29) is 11.9 Å². The molecule has 3 nitrogen and oxygen atoms in total. The number of nitrogens with one attached hydrogen (secondary N) is 1. The quantitative estimate of drug-likeness (QED) is 0.906. The number of hydrogen-bond donors (Lipinski definition) is 1. The maximum atomic E-state index is 13.1. The van der Waals surface area contributed by atoms with Crippen molar-refractivity contribution in [2.24, 2.45) is 0 Å². The van der Waals surface area contributed by atoms with E-state index in [2.05, 4.69) is 12.2 Å². The lowest BCUT2D eigenvalue weighted by Gasteiger charge is -2.22. The molecule has 0 aromatic heterocycles. The molecule has 0 amide bonds. The number of ether oxygens (including phenoxy) is 2. The molecule has 0 spiro atoms. The Morgan fingerprint density at radius 2 is 2.37 bits per heavy atom. The first-order chi connectivity index (χ1) is 9.22. The molecule has 3 unspecified atom stereocenters. The number of fused-ring (bicyclic) bond motifs is 1. The molecule has 1 fully saturated rings. The van der Waals surface area contributed by atoms with E-state index in [4.69, 9.17) is 9.47 Å². The van der Waals surface area contributed by atoms with Crippen LogP contribution in [0.15, 0.2) is 18.2 Å². The Kier molecular flexibility index (Phi) is 3.71. The van der Waals surface area contributed by atoms with Crippen molar-refractivity contribution in [2.45, 2.75) is 44.4 Å². The molecule has 0 saturated carbocycles. The van der Waals surface area contributed by atoms with E-state index in [9.17, 15) is 4.39 Å². The van der Waals surface area contributed by atoms with Crippen LogP contribution in [-0.4, -0.2) is 31.4 Å². The lowest BCUT2D eigenvalue weighted by atomic mass is 10.1. The Labute approximate surface area is 113 Å². The van der Waals surface area contributed by atoms with Crippen LogP contribution >= 0.6 is 0 Å². The van der Waals surface area contributed by atoms with E-state index in [0.29, 0.717) is 12.1 Å². The molecular formula is C15H20FNO2. The molecule has 104 valence electrons. The van der Waals surface area contributed by atoms with Crippen LogP contribution < -0.4 is 10.1 Å². The van der Waals surface area contributed by atoms with Crippen LogP contribution in [0.3, 0.4) is 0 Å². The lowest BCUT2D eigenvalue weighted by molar-refractivity contribution is 0.0796. The Morgan fingerprint density at radius 1 is 1.47 bits per heavy atom. The standard InChI is InChI=1S/C15H20FNO2/c1-10(14-3-2-6-18-14)17-9-13-8-11-7-12(16)4-5-15(11)19-13/h4-5,7,10,13-14,17H,2-3,6,8-9H2,1H3. The van der Waals surface area contributed by atoms with Gasteiger partial charge in [0.2, 0.25) is 0 Å². The summed E-state index contributed by atoms with van der Waals surface area (Å²) in [5.41, 5.74) is 0.969. The highest BCUT2D eigenvalue weighted by atomic mass is 19.1. The zero-order valence-electron chi connectivity index (χ0n) is 11.2. The fraction of sp³-hybridized carbons (Fsp3) is 0.600. The van der Waals surface area contributed by atoms with Gasteiger partial charge in [-0.1, -0.05) is 0 Å². The van der Waals surface area contributed by atoms with Crippen LogP contribution in [0.4, 0.5) is 4.39 Å². The molecule has 2 aliphatic heterocycles. The average molecular weight is 265 g/mol. The van der Waals surface area contributed by atoms with Gasteiger partial charge in [-0.3, -0.25) is 0 Å².